The molecule has 9 nitrogen and oxygen atoms in total. The molecule has 2 heterocycles. The quantitative estimate of drug-likeness (QED) is 0.582. The van der Waals surface area contributed by atoms with Crippen LogP contribution in [0.4, 0.5) is 5.13 Å². The van der Waals surface area contributed by atoms with Gasteiger partial charge in [0.15, 0.2) is 16.6 Å². The summed E-state index contributed by atoms with van der Waals surface area (Å²) in [5.74, 6) is -1.37. The number of nitrogens with one attached hydrogen (secondary N) is 1. The van der Waals surface area contributed by atoms with Gasteiger partial charge in [0, 0.05) is 30.1 Å². The van der Waals surface area contributed by atoms with Crippen LogP contribution in [0.25, 0.3) is 5.76 Å². The van der Waals surface area contributed by atoms with Crippen LogP contribution >= 0.6 is 23.7 Å². The number of esters is 1. The first-order valence-corrected chi connectivity index (χ1v) is 11.8. The molecule has 3 rings (SSSR count). The molecule has 0 unspecified atom stereocenters. The first-order valence-electron chi connectivity index (χ1n) is 9.53. The SMILES string of the molecule is Cc1cnc(NC(=O)C2=C(OC(=O)CCCN(C)C)c3ccccc3S(=O)(=O)N2C)s1.Cl. The minimum atomic E-state index is -4.00. The average Bonchev–Trinajstić information content (AvgIpc) is 3.10. The van der Waals surface area contributed by atoms with Crippen molar-refractivity contribution in [3.63, 3.8) is 0 Å². The lowest BCUT2D eigenvalue weighted by Crippen LogP contribution is -2.38. The monoisotopic (exact) mass is 500 g/mol. The number of anilines is 1. The Labute approximate surface area is 197 Å². The summed E-state index contributed by atoms with van der Waals surface area (Å²) in [7, 11) is 1.05. The summed E-state index contributed by atoms with van der Waals surface area (Å²) in [5, 5.41) is 2.92. The Hall–Kier alpha value is -2.47. The summed E-state index contributed by atoms with van der Waals surface area (Å²) in [5.41, 5.74) is -0.102. The number of carbonyl (C=O) groups excluding carboxylic acids is 2. The number of nitrogens with zero attached hydrogens (tertiary/aromatic N) is 3. The molecule has 1 amide bonds. The van der Waals surface area contributed by atoms with Crippen molar-refractivity contribution in [2.24, 2.45) is 0 Å². The molecule has 174 valence electrons. The predicted molar refractivity (Wildman–Crippen MR) is 125 cm³/mol. The molecule has 0 aliphatic carbocycles. The fourth-order valence-corrected chi connectivity index (χ4v) is 5.09. The topological polar surface area (TPSA) is 109 Å². The summed E-state index contributed by atoms with van der Waals surface area (Å²) in [4.78, 5) is 32.5. The molecule has 1 aromatic heterocycles. The molecule has 1 aliphatic rings. The van der Waals surface area contributed by atoms with Gasteiger partial charge >= 0.3 is 5.97 Å². The largest absolute Gasteiger partial charge is 0.423 e. The highest BCUT2D eigenvalue weighted by Gasteiger charge is 2.39. The van der Waals surface area contributed by atoms with Gasteiger partial charge in [0.25, 0.3) is 15.9 Å². The van der Waals surface area contributed by atoms with Gasteiger partial charge in [-0.1, -0.05) is 12.1 Å². The number of aryl methyl sites for hydroxylation is 1. The number of rotatable bonds is 7. The lowest BCUT2D eigenvalue weighted by atomic mass is 10.1. The highest BCUT2D eigenvalue weighted by atomic mass is 35.5. The maximum Gasteiger partial charge on any atom is 0.311 e. The first kappa shape index (κ1) is 25.8. The number of hydrogen-bond acceptors (Lipinski definition) is 8. The lowest BCUT2D eigenvalue weighted by molar-refractivity contribution is -0.137. The van der Waals surface area contributed by atoms with Gasteiger partial charge in [-0.15, -0.1) is 23.7 Å². The number of ether oxygens (including phenoxy) is 1. The van der Waals surface area contributed by atoms with E-state index in [0.717, 1.165) is 9.18 Å². The Balaban J connectivity index is 0.00000363. The third-order valence-corrected chi connectivity index (χ3v) is 7.20. The molecule has 0 atom stereocenters. The molecule has 1 aromatic carbocycles. The van der Waals surface area contributed by atoms with Gasteiger partial charge < -0.3 is 9.64 Å². The van der Waals surface area contributed by atoms with E-state index in [1.165, 1.54) is 30.5 Å². The zero-order valence-corrected chi connectivity index (χ0v) is 20.6. The van der Waals surface area contributed by atoms with Crippen LogP contribution in [0, 0.1) is 6.92 Å². The molecule has 0 saturated carbocycles. The van der Waals surface area contributed by atoms with Gasteiger partial charge in [-0.3, -0.25) is 19.2 Å². The van der Waals surface area contributed by atoms with Gasteiger partial charge in [-0.05, 0) is 46.1 Å². The third-order valence-electron chi connectivity index (χ3n) is 4.56. The standard InChI is InChI=1S/C20H24N4O5S2.ClH/c1-13-12-21-20(30-13)22-19(26)17-18(29-16(25)10-7-11-23(2)3)14-8-5-6-9-15(14)31(27,28)24(17)4;/h5-6,8-9,12H,7,10-11H2,1-4H3,(H,21,22,26);1H. The van der Waals surface area contributed by atoms with Crippen LogP contribution < -0.4 is 5.32 Å². The number of aromatic nitrogens is 1. The number of benzene rings is 1. The van der Waals surface area contributed by atoms with Crippen LogP contribution in [0.2, 0.25) is 0 Å². The van der Waals surface area contributed by atoms with Gasteiger partial charge in [0.2, 0.25) is 0 Å². The van der Waals surface area contributed by atoms with Crippen LogP contribution in [0.15, 0.2) is 41.1 Å². The second-order valence-corrected chi connectivity index (χ2v) is 10.4. The van der Waals surface area contributed by atoms with E-state index in [0.29, 0.717) is 18.1 Å². The van der Waals surface area contributed by atoms with Gasteiger partial charge in [-0.25, -0.2) is 13.4 Å². The van der Waals surface area contributed by atoms with Crippen molar-refractivity contribution in [2.45, 2.75) is 24.7 Å². The highest BCUT2D eigenvalue weighted by Crippen LogP contribution is 2.37. The molecule has 0 spiro atoms. The van der Waals surface area contributed by atoms with E-state index >= 15 is 0 Å². The van der Waals surface area contributed by atoms with Crippen molar-refractivity contribution < 1.29 is 22.7 Å². The van der Waals surface area contributed by atoms with E-state index in [1.807, 2.05) is 25.9 Å². The van der Waals surface area contributed by atoms with E-state index in [2.05, 4.69) is 10.3 Å². The van der Waals surface area contributed by atoms with E-state index in [-0.39, 0.29) is 40.7 Å². The van der Waals surface area contributed by atoms with Crippen molar-refractivity contribution in [3.8, 4) is 0 Å². The second kappa shape index (κ2) is 10.4. The van der Waals surface area contributed by atoms with Crippen molar-refractivity contribution in [1.29, 1.82) is 0 Å². The summed E-state index contributed by atoms with van der Waals surface area (Å²) in [6.45, 7) is 2.52. The highest BCUT2D eigenvalue weighted by molar-refractivity contribution is 7.89. The molecule has 32 heavy (non-hydrogen) atoms. The minimum Gasteiger partial charge on any atom is -0.423 e. The van der Waals surface area contributed by atoms with Crippen molar-refractivity contribution in [2.75, 3.05) is 33.0 Å². The van der Waals surface area contributed by atoms with Crippen molar-refractivity contribution in [3.05, 3.63) is 46.6 Å². The Morgan fingerprint density at radius 1 is 1.25 bits per heavy atom. The number of amides is 1. The number of halogens is 1. The molecule has 0 radical (unpaired) electrons. The van der Waals surface area contributed by atoms with Crippen LogP contribution in [0.1, 0.15) is 23.3 Å². The molecular weight excluding hydrogens is 476 g/mol. The summed E-state index contributed by atoms with van der Waals surface area (Å²) >= 11 is 1.25. The summed E-state index contributed by atoms with van der Waals surface area (Å²) in [6, 6.07) is 6.13. The normalized spacial score (nSPS) is 14.6. The van der Waals surface area contributed by atoms with E-state index < -0.39 is 21.9 Å². The van der Waals surface area contributed by atoms with Crippen LogP contribution in [-0.2, 0) is 24.3 Å². The van der Waals surface area contributed by atoms with Crippen molar-refractivity contribution in [1.82, 2.24) is 14.2 Å². The number of hydrogen-bond donors (Lipinski definition) is 1. The number of thiazole rings is 1. The molecule has 1 N–H and O–H groups in total. The Morgan fingerprint density at radius 3 is 2.56 bits per heavy atom. The number of fused-ring (bicyclic) bond motifs is 1. The molecular formula is C20H25ClN4O5S2. The number of carbonyl (C=O) groups is 2. The maximum absolute atomic E-state index is 13.1. The van der Waals surface area contributed by atoms with E-state index in [9.17, 15) is 18.0 Å². The average molecular weight is 501 g/mol. The number of likely N-dealkylation sites (N-methyl/N-ethyl adjacent to an activating group) is 1. The molecule has 0 bridgehead atoms. The van der Waals surface area contributed by atoms with Crippen LogP contribution in [0.3, 0.4) is 0 Å². The first-order chi connectivity index (χ1) is 14.6. The maximum atomic E-state index is 13.1. The molecule has 0 saturated heterocycles. The smallest absolute Gasteiger partial charge is 0.311 e. The third kappa shape index (κ3) is 5.47. The second-order valence-electron chi connectivity index (χ2n) is 7.26. The summed E-state index contributed by atoms with van der Waals surface area (Å²) in [6.07, 6.45) is 2.28. The predicted octanol–water partition coefficient (Wildman–Crippen LogP) is 2.70. The molecule has 1 aliphatic heterocycles. The van der Waals surface area contributed by atoms with E-state index in [4.69, 9.17) is 4.74 Å². The van der Waals surface area contributed by atoms with E-state index in [1.54, 1.807) is 18.3 Å². The zero-order valence-electron chi connectivity index (χ0n) is 18.1. The Bertz CT molecular complexity index is 1140. The van der Waals surface area contributed by atoms with Gasteiger partial charge in [0.1, 0.15) is 0 Å². The molecule has 12 heteroatoms. The molecule has 0 fully saturated rings. The van der Waals surface area contributed by atoms with Crippen LogP contribution in [-0.4, -0.2) is 62.2 Å². The van der Waals surface area contributed by atoms with Crippen molar-refractivity contribution >= 4 is 56.5 Å². The lowest BCUT2D eigenvalue weighted by Gasteiger charge is -2.29. The Morgan fingerprint density at radius 2 is 1.94 bits per heavy atom. The zero-order chi connectivity index (χ0) is 22.8. The van der Waals surface area contributed by atoms with Gasteiger partial charge in [-0.2, -0.15) is 0 Å². The number of sulfonamides is 1. The minimum absolute atomic E-state index is 0. The Kier molecular flexibility index (Phi) is 8.41. The van der Waals surface area contributed by atoms with Crippen LogP contribution in [0.5, 0.6) is 0 Å². The fraction of sp³-hybridized carbons (Fsp3) is 0.350. The van der Waals surface area contributed by atoms with Gasteiger partial charge in [0.05, 0.1) is 4.90 Å². The fourth-order valence-electron chi connectivity index (χ4n) is 3.04. The summed E-state index contributed by atoms with van der Waals surface area (Å²) < 4.78 is 32.4. The molecule has 2 aromatic rings.